The lowest BCUT2D eigenvalue weighted by molar-refractivity contribution is -0.171. The predicted molar refractivity (Wildman–Crippen MR) is 111 cm³/mol. The minimum atomic E-state index is -0.406. The lowest BCUT2D eigenvalue weighted by Gasteiger charge is -2.58. The van der Waals surface area contributed by atoms with Crippen LogP contribution in [0.25, 0.3) is 0 Å². The van der Waals surface area contributed by atoms with Gasteiger partial charge in [0.15, 0.2) is 18.1 Å². The summed E-state index contributed by atoms with van der Waals surface area (Å²) in [6.45, 7) is 0.0923. The van der Waals surface area contributed by atoms with Gasteiger partial charge in [0, 0.05) is 10.9 Å². The van der Waals surface area contributed by atoms with Crippen LogP contribution in [0.2, 0.25) is 0 Å². The number of alkyl halides is 1. The summed E-state index contributed by atoms with van der Waals surface area (Å²) in [5.41, 5.74) is 0.474. The molecule has 5 rings (SSSR count). The van der Waals surface area contributed by atoms with Crippen molar-refractivity contribution >= 4 is 27.8 Å². The molecule has 158 valence electrons. The van der Waals surface area contributed by atoms with E-state index in [1.807, 2.05) is 12.1 Å². The Morgan fingerprint density at radius 2 is 1.79 bits per heavy atom. The van der Waals surface area contributed by atoms with Gasteiger partial charge in [-0.25, -0.2) is 0 Å². The first-order valence-corrected chi connectivity index (χ1v) is 11.0. The van der Waals surface area contributed by atoms with E-state index in [9.17, 15) is 9.59 Å². The molecule has 0 saturated heterocycles. The highest BCUT2D eigenvalue weighted by Gasteiger charge is 2.60. The first kappa shape index (κ1) is 20.5. The van der Waals surface area contributed by atoms with Gasteiger partial charge >= 0.3 is 5.97 Å². The van der Waals surface area contributed by atoms with Crippen molar-refractivity contribution in [3.63, 3.8) is 0 Å². The summed E-state index contributed by atoms with van der Waals surface area (Å²) in [5, 5.41) is 2.80. The van der Waals surface area contributed by atoms with Crippen molar-refractivity contribution in [2.75, 3.05) is 20.8 Å². The van der Waals surface area contributed by atoms with Gasteiger partial charge in [-0.2, -0.15) is 0 Å². The number of ether oxygens (including phenoxy) is 3. The fraction of sp³-hybridized carbons (Fsp3) is 0.636. The maximum atomic E-state index is 12.9. The lowest BCUT2D eigenvalue weighted by atomic mass is 9.49. The van der Waals surface area contributed by atoms with Crippen molar-refractivity contribution in [1.29, 1.82) is 0 Å². The molecule has 0 aromatic heterocycles. The Balaban J connectivity index is 1.29. The molecule has 0 heterocycles. The van der Waals surface area contributed by atoms with Gasteiger partial charge in [-0.3, -0.25) is 9.59 Å². The molecule has 1 aromatic rings. The lowest BCUT2D eigenvalue weighted by Crippen LogP contribution is -2.56. The second kappa shape index (κ2) is 7.82. The summed E-state index contributed by atoms with van der Waals surface area (Å²) in [6.07, 6.45) is 6.19. The summed E-state index contributed by atoms with van der Waals surface area (Å²) in [6, 6.07) is 5.47. The van der Waals surface area contributed by atoms with Crippen LogP contribution in [0.4, 0.5) is 0 Å². The molecule has 0 aliphatic heterocycles. The van der Waals surface area contributed by atoms with Crippen LogP contribution in [0, 0.1) is 17.3 Å². The SMILES string of the molecule is COc1ccc(CNC(=O)COC(=O)C23C[C@@H]4C[C@@H](CC(Br)(C4)C2)C3)cc1OC. The highest BCUT2D eigenvalue weighted by Crippen LogP contribution is 2.64. The van der Waals surface area contributed by atoms with E-state index >= 15 is 0 Å². The fourth-order valence-corrected chi connectivity index (χ4v) is 7.37. The second-order valence-electron chi connectivity index (χ2n) is 8.93. The Kier molecular flexibility index (Phi) is 5.53. The number of esters is 1. The highest BCUT2D eigenvalue weighted by molar-refractivity contribution is 9.10. The molecule has 4 saturated carbocycles. The average molecular weight is 466 g/mol. The van der Waals surface area contributed by atoms with Gasteiger partial charge in [0.2, 0.25) is 0 Å². The van der Waals surface area contributed by atoms with E-state index in [-0.39, 0.29) is 22.8 Å². The zero-order valence-electron chi connectivity index (χ0n) is 17.0. The molecule has 1 N–H and O–H groups in total. The normalized spacial score (nSPS) is 32.0. The molecule has 4 bridgehead atoms. The molecule has 1 aromatic carbocycles. The third kappa shape index (κ3) is 4.11. The third-order valence-corrected chi connectivity index (χ3v) is 7.62. The Morgan fingerprint density at radius 3 is 2.41 bits per heavy atom. The Bertz CT molecular complexity index is 796. The third-order valence-electron chi connectivity index (χ3n) is 6.69. The summed E-state index contributed by atoms with van der Waals surface area (Å²) in [5.74, 6) is 1.94. The first-order valence-electron chi connectivity index (χ1n) is 10.2. The number of benzene rings is 1. The van der Waals surface area contributed by atoms with Crippen LogP contribution in [0.15, 0.2) is 18.2 Å². The summed E-state index contributed by atoms with van der Waals surface area (Å²) in [7, 11) is 3.15. The molecule has 29 heavy (non-hydrogen) atoms. The van der Waals surface area contributed by atoms with Crippen LogP contribution in [0.3, 0.4) is 0 Å². The fourth-order valence-electron chi connectivity index (χ4n) is 5.92. The van der Waals surface area contributed by atoms with E-state index in [2.05, 4.69) is 21.2 Å². The largest absolute Gasteiger partial charge is 0.493 e. The monoisotopic (exact) mass is 465 g/mol. The number of methoxy groups -OCH3 is 2. The van der Waals surface area contributed by atoms with E-state index in [1.54, 1.807) is 20.3 Å². The van der Waals surface area contributed by atoms with Crippen molar-refractivity contribution in [1.82, 2.24) is 5.32 Å². The molecule has 4 aliphatic carbocycles. The van der Waals surface area contributed by atoms with Gasteiger partial charge < -0.3 is 19.5 Å². The van der Waals surface area contributed by atoms with E-state index < -0.39 is 5.41 Å². The molecule has 6 nitrogen and oxygen atoms in total. The van der Waals surface area contributed by atoms with Crippen LogP contribution in [0.1, 0.15) is 44.1 Å². The topological polar surface area (TPSA) is 73.9 Å². The standard InChI is InChI=1S/C22H28BrNO5/c1-27-17-4-3-14(6-18(17)28-2)11-24-19(25)12-29-20(26)21-7-15-5-16(8-21)10-22(23,9-15)13-21/h3-4,6,15-16H,5,7-13H2,1-2H3,(H,24,25)/t15-,16+,21?,22?. The Hall–Kier alpha value is -1.76. The summed E-state index contributed by atoms with van der Waals surface area (Å²) < 4.78 is 16.1. The van der Waals surface area contributed by atoms with Crippen LogP contribution in [-0.2, 0) is 20.9 Å². The number of hydrogen-bond donors (Lipinski definition) is 1. The van der Waals surface area contributed by atoms with Gasteiger partial charge in [0.05, 0.1) is 19.6 Å². The molecule has 4 aliphatic rings. The number of carbonyl (C=O) groups excluding carboxylic acids is 2. The summed E-state index contributed by atoms with van der Waals surface area (Å²) in [4.78, 5) is 25.2. The van der Waals surface area contributed by atoms with E-state index in [0.717, 1.165) is 37.7 Å². The maximum Gasteiger partial charge on any atom is 0.312 e. The zero-order chi connectivity index (χ0) is 20.6. The first-order chi connectivity index (χ1) is 13.8. The van der Waals surface area contributed by atoms with E-state index in [0.29, 0.717) is 29.9 Å². The van der Waals surface area contributed by atoms with Gasteiger partial charge in [-0.15, -0.1) is 0 Å². The van der Waals surface area contributed by atoms with Crippen molar-refractivity contribution in [2.24, 2.45) is 17.3 Å². The van der Waals surface area contributed by atoms with E-state index in [4.69, 9.17) is 14.2 Å². The molecule has 4 fully saturated rings. The number of rotatable bonds is 7. The van der Waals surface area contributed by atoms with Crippen LogP contribution < -0.4 is 14.8 Å². The quantitative estimate of drug-likeness (QED) is 0.491. The zero-order valence-corrected chi connectivity index (χ0v) is 18.5. The molecule has 7 heteroatoms. The number of nitrogens with one attached hydrogen (secondary N) is 1. The highest BCUT2D eigenvalue weighted by atomic mass is 79.9. The van der Waals surface area contributed by atoms with Crippen LogP contribution in [0.5, 0.6) is 11.5 Å². The molecule has 2 unspecified atom stereocenters. The minimum Gasteiger partial charge on any atom is -0.493 e. The molecule has 1 amide bonds. The van der Waals surface area contributed by atoms with Gasteiger partial charge in [0.25, 0.3) is 5.91 Å². The molecular formula is C22H28BrNO5. The number of amides is 1. The molecular weight excluding hydrogens is 438 g/mol. The Labute approximate surface area is 179 Å². The predicted octanol–water partition coefficient (Wildman–Crippen LogP) is 3.60. The van der Waals surface area contributed by atoms with Crippen molar-refractivity contribution in [3.05, 3.63) is 23.8 Å². The minimum absolute atomic E-state index is 0.0891. The van der Waals surface area contributed by atoms with Crippen LogP contribution in [-0.4, -0.2) is 37.0 Å². The summed E-state index contributed by atoms with van der Waals surface area (Å²) >= 11 is 3.91. The van der Waals surface area contributed by atoms with Gasteiger partial charge in [0.1, 0.15) is 0 Å². The molecule has 4 atom stereocenters. The number of hydrogen-bond acceptors (Lipinski definition) is 5. The smallest absolute Gasteiger partial charge is 0.312 e. The number of halogens is 1. The maximum absolute atomic E-state index is 12.9. The number of carbonyl (C=O) groups is 2. The Morgan fingerprint density at radius 1 is 1.10 bits per heavy atom. The second-order valence-corrected chi connectivity index (χ2v) is 10.6. The van der Waals surface area contributed by atoms with Crippen LogP contribution >= 0.6 is 15.9 Å². The molecule has 0 radical (unpaired) electrons. The van der Waals surface area contributed by atoms with Gasteiger partial charge in [-0.1, -0.05) is 22.0 Å². The van der Waals surface area contributed by atoms with E-state index in [1.165, 1.54) is 6.42 Å². The van der Waals surface area contributed by atoms with Crippen molar-refractivity contribution in [2.45, 2.75) is 49.4 Å². The average Bonchev–Trinajstić information content (AvgIpc) is 2.68. The van der Waals surface area contributed by atoms with Gasteiger partial charge in [-0.05, 0) is 68.1 Å². The molecule has 0 spiro atoms. The van der Waals surface area contributed by atoms with Crippen molar-refractivity contribution < 1.29 is 23.8 Å². The van der Waals surface area contributed by atoms with Crippen molar-refractivity contribution in [3.8, 4) is 11.5 Å².